The number of aromatic nitrogens is 1. The van der Waals surface area contributed by atoms with E-state index in [4.69, 9.17) is 11.6 Å². The SMILES string of the molecule is CCN1CCCC(Nc2nc3cccc(Cl)c3s2)C1. The molecule has 0 aliphatic carbocycles. The van der Waals surface area contributed by atoms with Crippen LogP contribution in [0, 0.1) is 0 Å². The lowest BCUT2D eigenvalue weighted by atomic mass is 10.1. The maximum atomic E-state index is 6.19. The number of nitrogens with zero attached hydrogens (tertiary/aromatic N) is 2. The Bertz CT molecular complexity index is 569. The Kier molecular flexibility index (Phi) is 3.91. The van der Waals surface area contributed by atoms with Gasteiger partial charge < -0.3 is 10.2 Å². The number of likely N-dealkylation sites (N-methyl/N-ethyl adjacent to an activating group) is 1. The first-order valence-electron chi connectivity index (χ1n) is 6.80. The highest BCUT2D eigenvalue weighted by molar-refractivity contribution is 7.22. The predicted octanol–water partition coefficient (Wildman–Crippen LogP) is 3.85. The third-order valence-corrected chi connectivity index (χ3v) is 5.11. The van der Waals surface area contributed by atoms with E-state index in [0.29, 0.717) is 6.04 Å². The Balaban J connectivity index is 1.76. The van der Waals surface area contributed by atoms with Gasteiger partial charge in [0.15, 0.2) is 5.13 Å². The van der Waals surface area contributed by atoms with Crippen LogP contribution in [0.25, 0.3) is 10.2 Å². The summed E-state index contributed by atoms with van der Waals surface area (Å²) in [6.45, 7) is 5.68. The summed E-state index contributed by atoms with van der Waals surface area (Å²) in [5.41, 5.74) is 0.989. The molecular formula is C14H18ClN3S. The van der Waals surface area contributed by atoms with Crippen molar-refractivity contribution in [3.8, 4) is 0 Å². The maximum Gasteiger partial charge on any atom is 0.184 e. The molecule has 0 bridgehead atoms. The summed E-state index contributed by atoms with van der Waals surface area (Å²) in [7, 11) is 0. The molecule has 0 amide bonds. The highest BCUT2D eigenvalue weighted by Crippen LogP contribution is 2.32. The van der Waals surface area contributed by atoms with Crippen molar-refractivity contribution < 1.29 is 0 Å². The molecule has 0 spiro atoms. The Morgan fingerprint density at radius 2 is 2.42 bits per heavy atom. The Hall–Kier alpha value is -0.840. The molecule has 0 saturated carbocycles. The number of likely N-dealkylation sites (tertiary alicyclic amines) is 1. The highest BCUT2D eigenvalue weighted by atomic mass is 35.5. The second kappa shape index (κ2) is 5.65. The Morgan fingerprint density at radius 3 is 3.21 bits per heavy atom. The number of thiazole rings is 1. The summed E-state index contributed by atoms with van der Waals surface area (Å²) >= 11 is 7.85. The number of nitrogens with one attached hydrogen (secondary N) is 1. The standard InChI is InChI=1S/C14H18ClN3S/c1-2-18-8-4-5-10(9-18)16-14-17-12-7-3-6-11(15)13(12)19-14/h3,6-7,10H,2,4-5,8-9H2,1H3,(H,16,17). The molecule has 3 rings (SSSR count). The first-order valence-corrected chi connectivity index (χ1v) is 7.99. The average molecular weight is 296 g/mol. The number of anilines is 1. The van der Waals surface area contributed by atoms with Gasteiger partial charge in [-0.05, 0) is 38.1 Å². The van der Waals surface area contributed by atoms with Crippen molar-refractivity contribution in [1.29, 1.82) is 0 Å². The van der Waals surface area contributed by atoms with E-state index in [1.807, 2.05) is 18.2 Å². The fourth-order valence-electron chi connectivity index (χ4n) is 2.61. The van der Waals surface area contributed by atoms with Crippen LogP contribution in [0.5, 0.6) is 0 Å². The van der Waals surface area contributed by atoms with Crippen LogP contribution in [0.4, 0.5) is 5.13 Å². The van der Waals surface area contributed by atoms with Gasteiger partial charge in [-0.25, -0.2) is 4.98 Å². The smallest absolute Gasteiger partial charge is 0.184 e. The van der Waals surface area contributed by atoms with Crippen molar-refractivity contribution in [1.82, 2.24) is 9.88 Å². The molecule has 1 aromatic carbocycles. The third-order valence-electron chi connectivity index (χ3n) is 3.65. The molecule has 19 heavy (non-hydrogen) atoms. The van der Waals surface area contributed by atoms with Gasteiger partial charge in [-0.3, -0.25) is 0 Å². The van der Waals surface area contributed by atoms with Crippen molar-refractivity contribution in [3.05, 3.63) is 23.2 Å². The minimum atomic E-state index is 0.507. The molecule has 2 aromatic rings. The van der Waals surface area contributed by atoms with Crippen LogP contribution >= 0.6 is 22.9 Å². The number of rotatable bonds is 3. The van der Waals surface area contributed by atoms with Crippen LogP contribution in [0.3, 0.4) is 0 Å². The topological polar surface area (TPSA) is 28.2 Å². The molecule has 2 heterocycles. The molecule has 3 nitrogen and oxygen atoms in total. The number of hydrogen-bond donors (Lipinski definition) is 1. The zero-order valence-electron chi connectivity index (χ0n) is 11.0. The zero-order valence-corrected chi connectivity index (χ0v) is 12.6. The molecule has 1 saturated heterocycles. The molecule has 1 N–H and O–H groups in total. The van der Waals surface area contributed by atoms with Crippen LogP contribution in [-0.4, -0.2) is 35.6 Å². The van der Waals surface area contributed by atoms with Crippen LogP contribution in [0.2, 0.25) is 5.02 Å². The van der Waals surface area contributed by atoms with E-state index in [1.165, 1.54) is 19.4 Å². The number of benzene rings is 1. The lowest BCUT2D eigenvalue weighted by molar-refractivity contribution is 0.227. The first kappa shape index (κ1) is 13.2. The fourth-order valence-corrected chi connectivity index (χ4v) is 3.84. The Morgan fingerprint density at radius 1 is 1.53 bits per heavy atom. The molecule has 1 aliphatic rings. The van der Waals surface area contributed by atoms with Gasteiger partial charge in [-0.1, -0.05) is 35.9 Å². The van der Waals surface area contributed by atoms with Crippen molar-refractivity contribution in [2.24, 2.45) is 0 Å². The predicted molar refractivity (Wildman–Crippen MR) is 83.4 cm³/mol. The molecule has 1 fully saturated rings. The summed E-state index contributed by atoms with van der Waals surface area (Å²) in [6.07, 6.45) is 2.48. The minimum Gasteiger partial charge on any atom is -0.357 e. The van der Waals surface area contributed by atoms with Crippen molar-refractivity contribution in [2.75, 3.05) is 25.0 Å². The van der Waals surface area contributed by atoms with E-state index in [0.717, 1.165) is 33.5 Å². The van der Waals surface area contributed by atoms with E-state index >= 15 is 0 Å². The molecule has 102 valence electrons. The molecule has 1 unspecified atom stereocenters. The first-order chi connectivity index (χ1) is 9.26. The summed E-state index contributed by atoms with van der Waals surface area (Å²) in [5.74, 6) is 0. The Labute approximate surface area is 122 Å². The van der Waals surface area contributed by atoms with Crippen LogP contribution < -0.4 is 5.32 Å². The third kappa shape index (κ3) is 2.86. The lowest BCUT2D eigenvalue weighted by Gasteiger charge is -2.32. The highest BCUT2D eigenvalue weighted by Gasteiger charge is 2.19. The molecule has 1 aliphatic heterocycles. The van der Waals surface area contributed by atoms with Gasteiger partial charge in [0.2, 0.25) is 0 Å². The molecule has 0 radical (unpaired) electrons. The van der Waals surface area contributed by atoms with E-state index in [9.17, 15) is 0 Å². The fraction of sp³-hybridized carbons (Fsp3) is 0.500. The molecule has 1 atom stereocenters. The van der Waals surface area contributed by atoms with Gasteiger partial charge in [-0.2, -0.15) is 0 Å². The van der Waals surface area contributed by atoms with Crippen molar-refractivity contribution in [3.63, 3.8) is 0 Å². The van der Waals surface area contributed by atoms with Crippen molar-refractivity contribution in [2.45, 2.75) is 25.8 Å². The van der Waals surface area contributed by atoms with Crippen LogP contribution in [0.1, 0.15) is 19.8 Å². The average Bonchev–Trinajstić information content (AvgIpc) is 2.83. The van der Waals surface area contributed by atoms with E-state index in [-0.39, 0.29) is 0 Å². The summed E-state index contributed by atoms with van der Waals surface area (Å²) < 4.78 is 1.08. The lowest BCUT2D eigenvalue weighted by Crippen LogP contribution is -2.41. The van der Waals surface area contributed by atoms with Crippen LogP contribution in [-0.2, 0) is 0 Å². The van der Waals surface area contributed by atoms with E-state index in [2.05, 4.69) is 22.1 Å². The van der Waals surface area contributed by atoms with Gasteiger partial charge in [0.1, 0.15) is 0 Å². The molecular weight excluding hydrogens is 278 g/mol. The summed E-state index contributed by atoms with van der Waals surface area (Å²) in [4.78, 5) is 7.11. The van der Waals surface area contributed by atoms with Gasteiger partial charge in [0.05, 0.1) is 15.2 Å². The second-order valence-corrected chi connectivity index (χ2v) is 6.39. The summed E-state index contributed by atoms with van der Waals surface area (Å²) in [5, 5.41) is 5.35. The van der Waals surface area contributed by atoms with E-state index in [1.54, 1.807) is 11.3 Å². The number of hydrogen-bond acceptors (Lipinski definition) is 4. The number of piperidine rings is 1. The summed E-state index contributed by atoms with van der Waals surface area (Å²) in [6, 6.07) is 6.40. The van der Waals surface area contributed by atoms with Gasteiger partial charge in [0, 0.05) is 12.6 Å². The minimum absolute atomic E-state index is 0.507. The zero-order chi connectivity index (χ0) is 13.2. The quantitative estimate of drug-likeness (QED) is 0.932. The van der Waals surface area contributed by atoms with Gasteiger partial charge in [-0.15, -0.1) is 0 Å². The largest absolute Gasteiger partial charge is 0.357 e. The number of halogens is 1. The van der Waals surface area contributed by atoms with Crippen LogP contribution in [0.15, 0.2) is 18.2 Å². The monoisotopic (exact) mass is 295 g/mol. The molecule has 5 heteroatoms. The number of fused-ring (bicyclic) bond motifs is 1. The van der Waals surface area contributed by atoms with Gasteiger partial charge >= 0.3 is 0 Å². The van der Waals surface area contributed by atoms with E-state index < -0.39 is 0 Å². The maximum absolute atomic E-state index is 6.19. The second-order valence-electron chi connectivity index (χ2n) is 4.98. The van der Waals surface area contributed by atoms with Crippen molar-refractivity contribution >= 4 is 38.3 Å². The molecule has 1 aromatic heterocycles. The van der Waals surface area contributed by atoms with Gasteiger partial charge in [0.25, 0.3) is 0 Å². The normalized spacial score (nSPS) is 20.8.